The van der Waals surface area contributed by atoms with E-state index < -0.39 is 5.97 Å². The van der Waals surface area contributed by atoms with Gasteiger partial charge >= 0.3 is 5.97 Å². The molecule has 0 saturated carbocycles. The van der Waals surface area contributed by atoms with Crippen LogP contribution in [0.4, 0.5) is 0 Å². The molecule has 0 aromatic heterocycles. The third kappa shape index (κ3) is 4.09. The number of benzene rings is 2. The van der Waals surface area contributed by atoms with Crippen molar-refractivity contribution in [3.8, 4) is 0 Å². The van der Waals surface area contributed by atoms with Gasteiger partial charge in [-0.3, -0.25) is 4.79 Å². The smallest absolute Gasteiger partial charge is 0.338 e. The van der Waals surface area contributed by atoms with E-state index in [1.807, 2.05) is 6.92 Å². The number of aryl methyl sites for hydroxylation is 1. The van der Waals surface area contributed by atoms with Gasteiger partial charge in [-0.15, -0.1) is 0 Å². The highest BCUT2D eigenvalue weighted by Crippen LogP contribution is 2.23. The summed E-state index contributed by atoms with van der Waals surface area (Å²) in [5.74, 6) is -0.910. The van der Waals surface area contributed by atoms with Gasteiger partial charge in [-0.05, 0) is 42.8 Å². The Labute approximate surface area is 146 Å². The fourth-order valence-corrected chi connectivity index (χ4v) is 2.36. The first-order valence-electron chi connectivity index (χ1n) is 6.30. The molecule has 0 spiro atoms. The molecular formula is C16H11BrCl2O3. The van der Waals surface area contributed by atoms with Crippen LogP contribution in [0.1, 0.15) is 26.3 Å². The van der Waals surface area contributed by atoms with Gasteiger partial charge in [0.25, 0.3) is 0 Å². The van der Waals surface area contributed by atoms with E-state index in [0.29, 0.717) is 16.1 Å². The first kappa shape index (κ1) is 17.0. The van der Waals surface area contributed by atoms with E-state index in [9.17, 15) is 9.59 Å². The lowest BCUT2D eigenvalue weighted by Gasteiger charge is -2.06. The number of esters is 1. The van der Waals surface area contributed by atoms with E-state index in [-0.39, 0.29) is 17.4 Å². The highest BCUT2D eigenvalue weighted by molar-refractivity contribution is 9.10. The first-order chi connectivity index (χ1) is 10.4. The van der Waals surface area contributed by atoms with Crippen molar-refractivity contribution in [2.75, 3.05) is 6.61 Å². The summed E-state index contributed by atoms with van der Waals surface area (Å²) in [7, 11) is 0. The molecule has 0 aliphatic heterocycles. The molecule has 22 heavy (non-hydrogen) atoms. The standard InChI is InChI=1S/C16H11BrCl2O3/c1-9-2-3-11(6-12(9)17)16(21)22-8-15(20)10-4-5-13(18)14(19)7-10/h2-7H,8H2,1H3. The maximum Gasteiger partial charge on any atom is 0.338 e. The number of rotatable bonds is 4. The normalized spacial score (nSPS) is 10.4. The molecule has 0 heterocycles. The van der Waals surface area contributed by atoms with Crippen LogP contribution >= 0.6 is 39.1 Å². The minimum absolute atomic E-state index is 0.279. The molecule has 0 radical (unpaired) electrons. The maximum absolute atomic E-state index is 12.0. The Morgan fingerprint density at radius 2 is 1.73 bits per heavy atom. The lowest BCUT2D eigenvalue weighted by molar-refractivity contribution is 0.0474. The Morgan fingerprint density at radius 1 is 1.05 bits per heavy atom. The Kier molecular flexibility index (Phi) is 5.62. The second kappa shape index (κ2) is 7.27. The zero-order chi connectivity index (χ0) is 16.3. The number of carbonyl (C=O) groups is 2. The van der Waals surface area contributed by atoms with E-state index in [1.165, 1.54) is 18.2 Å². The lowest BCUT2D eigenvalue weighted by Crippen LogP contribution is -2.14. The third-order valence-corrected chi connectivity index (χ3v) is 4.58. The molecule has 2 aromatic rings. The number of hydrogen-bond acceptors (Lipinski definition) is 3. The van der Waals surface area contributed by atoms with Gasteiger partial charge in [-0.1, -0.05) is 45.2 Å². The molecule has 0 saturated heterocycles. The molecule has 0 amide bonds. The summed E-state index contributed by atoms with van der Waals surface area (Å²) in [5.41, 5.74) is 1.72. The van der Waals surface area contributed by atoms with Gasteiger partial charge in [0.1, 0.15) is 0 Å². The Morgan fingerprint density at radius 3 is 2.36 bits per heavy atom. The molecular weight excluding hydrogens is 391 g/mol. The molecule has 0 fully saturated rings. The van der Waals surface area contributed by atoms with Gasteiger partial charge in [-0.25, -0.2) is 4.79 Å². The zero-order valence-corrected chi connectivity index (χ0v) is 14.6. The fourth-order valence-electron chi connectivity index (χ4n) is 1.69. The van der Waals surface area contributed by atoms with Gasteiger partial charge in [0.15, 0.2) is 12.4 Å². The number of Topliss-reactive ketones (excluding diaryl/α,β-unsaturated/α-hetero) is 1. The topological polar surface area (TPSA) is 43.4 Å². The molecule has 0 aliphatic rings. The first-order valence-corrected chi connectivity index (χ1v) is 7.85. The van der Waals surface area contributed by atoms with Gasteiger partial charge in [0.2, 0.25) is 0 Å². The molecule has 3 nitrogen and oxygen atoms in total. The summed E-state index contributed by atoms with van der Waals surface area (Å²) in [6.45, 7) is 1.55. The maximum atomic E-state index is 12.0. The molecule has 2 rings (SSSR count). The highest BCUT2D eigenvalue weighted by Gasteiger charge is 2.13. The van der Waals surface area contributed by atoms with Crippen LogP contribution in [0, 0.1) is 6.92 Å². The lowest BCUT2D eigenvalue weighted by atomic mass is 10.1. The van der Waals surface area contributed by atoms with Crippen molar-refractivity contribution in [2.45, 2.75) is 6.92 Å². The quantitative estimate of drug-likeness (QED) is 0.528. The number of halogens is 3. The monoisotopic (exact) mass is 400 g/mol. The predicted molar refractivity (Wildman–Crippen MR) is 90.0 cm³/mol. The average molecular weight is 402 g/mol. The molecule has 0 atom stereocenters. The number of ketones is 1. The fraction of sp³-hybridized carbons (Fsp3) is 0.125. The molecule has 0 N–H and O–H groups in total. The van der Waals surface area contributed by atoms with Gasteiger partial charge < -0.3 is 4.74 Å². The SMILES string of the molecule is Cc1ccc(C(=O)OCC(=O)c2ccc(Cl)c(Cl)c2)cc1Br. The molecule has 6 heteroatoms. The highest BCUT2D eigenvalue weighted by atomic mass is 79.9. The van der Waals surface area contributed by atoms with Crippen LogP contribution in [0.3, 0.4) is 0 Å². The number of ether oxygens (including phenoxy) is 1. The van der Waals surface area contributed by atoms with Crippen LogP contribution < -0.4 is 0 Å². The van der Waals surface area contributed by atoms with Crippen LogP contribution in [-0.2, 0) is 4.74 Å². The van der Waals surface area contributed by atoms with Gasteiger partial charge in [-0.2, -0.15) is 0 Å². The number of carbonyl (C=O) groups excluding carboxylic acids is 2. The van der Waals surface area contributed by atoms with Crippen LogP contribution in [0.25, 0.3) is 0 Å². The molecule has 0 aliphatic carbocycles. The molecule has 114 valence electrons. The largest absolute Gasteiger partial charge is 0.454 e. The van der Waals surface area contributed by atoms with E-state index in [2.05, 4.69) is 15.9 Å². The zero-order valence-electron chi connectivity index (χ0n) is 11.5. The third-order valence-electron chi connectivity index (χ3n) is 2.98. The van der Waals surface area contributed by atoms with Crippen LogP contribution in [0.5, 0.6) is 0 Å². The van der Waals surface area contributed by atoms with Crippen molar-refractivity contribution in [3.05, 3.63) is 67.6 Å². The van der Waals surface area contributed by atoms with Gasteiger partial charge in [0, 0.05) is 10.0 Å². The molecule has 0 bridgehead atoms. The van der Waals surface area contributed by atoms with Crippen molar-refractivity contribution in [2.24, 2.45) is 0 Å². The Bertz CT molecular complexity index is 681. The summed E-state index contributed by atoms with van der Waals surface area (Å²) >= 11 is 15.0. The van der Waals surface area contributed by atoms with Crippen molar-refractivity contribution >= 4 is 50.9 Å². The molecule has 0 unspecified atom stereocenters. The second-order valence-electron chi connectivity index (χ2n) is 4.59. The second-order valence-corrected chi connectivity index (χ2v) is 6.26. The summed E-state index contributed by atoms with van der Waals surface area (Å²) in [4.78, 5) is 23.9. The summed E-state index contributed by atoms with van der Waals surface area (Å²) in [6.07, 6.45) is 0. The van der Waals surface area contributed by atoms with Crippen LogP contribution in [0.2, 0.25) is 10.0 Å². The van der Waals surface area contributed by atoms with Crippen LogP contribution in [-0.4, -0.2) is 18.4 Å². The minimum atomic E-state index is -0.561. The van der Waals surface area contributed by atoms with Crippen LogP contribution in [0.15, 0.2) is 40.9 Å². The Hall–Kier alpha value is -1.36. The average Bonchev–Trinajstić information content (AvgIpc) is 2.50. The van der Waals surface area contributed by atoms with E-state index >= 15 is 0 Å². The van der Waals surface area contributed by atoms with E-state index in [4.69, 9.17) is 27.9 Å². The van der Waals surface area contributed by atoms with E-state index in [0.717, 1.165) is 10.0 Å². The minimum Gasteiger partial charge on any atom is -0.454 e. The van der Waals surface area contributed by atoms with Crippen molar-refractivity contribution in [1.82, 2.24) is 0 Å². The van der Waals surface area contributed by atoms with Crippen molar-refractivity contribution < 1.29 is 14.3 Å². The predicted octanol–water partition coefficient (Wildman–Crippen LogP) is 5.10. The summed E-state index contributed by atoms with van der Waals surface area (Å²) in [6, 6.07) is 9.60. The van der Waals surface area contributed by atoms with Crippen molar-refractivity contribution in [3.63, 3.8) is 0 Å². The Balaban J connectivity index is 2.02. The molecule has 2 aromatic carbocycles. The number of hydrogen-bond donors (Lipinski definition) is 0. The van der Waals surface area contributed by atoms with E-state index in [1.54, 1.807) is 18.2 Å². The van der Waals surface area contributed by atoms with Gasteiger partial charge in [0.05, 0.1) is 15.6 Å². The summed E-state index contributed by atoms with van der Waals surface area (Å²) < 4.78 is 5.83. The van der Waals surface area contributed by atoms with Crippen molar-refractivity contribution in [1.29, 1.82) is 0 Å². The summed E-state index contributed by atoms with van der Waals surface area (Å²) in [5, 5.41) is 0.640.